The normalized spacial score (nSPS) is 20.0. The van der Waals surface area contributed by atoms with Crippen LogP contribution in [-0.2, 0) is 37.8 Å². The quantitative estimate of drug-likeness (QED) is 0.0492. The summed E-state index contributed by atoms with van der Waals surface area (Å²) in [6, 6.07) is 31.7. The van der Waals surface area contributed by atoms with Crippen LogP contribution in [0.5, 0.6) is 0 Å². The Balaban J connectivity index is 1.11. The van der Waals surface area contributed by atoms with Gasteiger partial charge in [0.05, 0.1) is 24.4 Å². The van der Waals surface area contributed by atoms with Gasteiger partial charge < -0.3 is 29.9 Å². The van der Waals surface area contributed by atoms with Gasteiger partial charge in [0, 0.05) is 56.0 Å². The molecular formula is C43H50ClN3O7. The van der Waals surface area contributed by atoms with Crippen LogP contribution in [0.1, 0.15) is 91.6 Å². The number of amides is 2. The first kappa shape index (κ1) is 39.6. The molecular weight excluding hydrogens is 706 g/mol. The number of carbonyl (C=O) groups is 2. The van der Waals surface area contributed by atoms with Crippen molar-refractivity contribution in [3.63, 3.8) is 0 Å². The highest BCUT2D eigenvalue weighted by Gasteiger charge is 2.37. The van der Waals surface area contributed by atoms with Gasteiger partial charge in [0.2, 0.25) is 11.8 Å². The van der Waals surface area contributed by atoms with Gasteiger partial charge >= 0.3 is 0 Å². The van der Waals surface area contributed by atoms with Crippen LogP contribution in [0.25, 0.3) is 11.1 Å². The number of nitrogens with zero attached hydrogens (tertiary/aromatic N) is 1. The zero-order valence-electron chi connectivity index (χ0n) is 30.5. The van der Waals surface area contributed by atoms with E-state index in [1.807, 2.05) is 78.9 Å². The van der Waals surface area contributed by atoms with Gasteiger partial charge in [-0.05, 0) is 83.3 Å². The van der Waals surface area contributed by atoms with Gasteiger partial charge in [-0.1, -0.05) is 90.8 Å². The largest absolute Gasteiger partial charge is 0.392 e. The molecule has 0 spiro atoms. The third kappa shape index (κ3) is 10.8. The van der Waals surface area contributed by atoms with E-state index in [0.29, 0.717) is 56.6 Å². The first-order valence-electron chi connectivity index (χ1n) is 18.8. The summed E-state index contributed by atoms with van der Waals surface area (Å²) in [5, 5.41) is 33.3. The molecule has 4 aromatic rings. The molecule has 3 atom stereocenters. The Morgan fingerprint density at radius 3 is 2.19 bits per heavy atom. The highest BCUT2D eigenvalue weighted by atomic mass is 35.5. The minimum absolute atomic E-state index is 0.0209. The van der Waals surface area contributed by atoms with E-state index in [1.54, 1.807) is 5.48 Å². The molecule has 0 unspecified atom stereocenters. The van der Waals surface area contributed by atoms with Crippen LogP contribution < -0.4 is 10.8 Å². The van der Waals surface area contributed by atoms with Crippen molar-refractivity contribution in [1.29, 1.82) is 0 Å². The third-order valence-electron chi connectivity index (χ3n) is 10.5. The highest BCUT2D eigenvalue weighted by Crippen LogP contribution is 2.40. The van der Waals surface area contributed by atoms with E-state index in [-0.39, 0.29) is 31.1 Å². The second-order valence-electron chi connectivity index (χ2n) is 14.4. The SMILES string of the molecule is O=C(CCCCCC(=O)NCc1cccc(-c2cccc([C@@H]3O[C@H](CN4CCC(O)(c5ccc(Cl)cc5)CC4)C[C@H](c4ccc(CO)cc4)O3)c2)c1)NO. The lowest BCUT2D eigenvalue weighted by atomic mass is 9.84. The van der Waals surface area contributed by atoms with Crippen molar-refractivity contribution in [3.8, 4) is 11.1 Å². The minimum Gasteiger partial charge on any atom is -0.392 e. The van der Waals surface area contributed by atoms with Crippen molar-refractivity contribution in [1.82, 2.24) is 15.7 Å². The monoisotopic (exact) mass is 755 g/mol. The van der Waals surface area contributed by atoms with Crippen LogP contribution in [0, 0.1) is 0 Å². The molecule has 0 aliphatic carbocycles. The Kier molecular flexibility index (Phi) is 13.9. The summed E-state index contributed by atoms with van der Waals surface area (Å²) in [7, 11) is 0. The summed E-state index contributed by atoms with van der Waals surface area (Å²) in [6.07, 6.45) is 3.59. The highest BCUT2D eigenvalue weighted by molar-refractivity contribution is 6.30. The molecule has 286 valence electrons. The van der Waals surface area contributed by atoms with Crippen LogP contribution >= 0.6 is 11.6 Å². The van der Waals surface area contributed by atoms with Crippen LogP contribution in [0.3, 0.4) is 0 Å². The number of piperidine rings is 1. The molecule has 54 heavy (non-hydrogen) atoms. The summed E-state index contributed by atoms with van der Waals surface area (Å²) in [6.45, 7) is 2.56. The van der Waals surface area contributed by atoms with Gasteiger partial charge in [-0.2, -0.15) is 0 Å². The van der Waals surface area contributed by atoms with E-state index in [4.69, 9.17) is 26.3 Å². The second kappa shape index (κ2) is 19.0. The number of hydroxylamine groups is 1. The number of likely N-dealkylation sites (tertiary alicyclic amines) is 1. The van der Waals surface area contributed by atoms with E-state index >= 15 is 0 Å². The van der Waals surface area contributed by atoms with Crippen molar-refractivity contribution in [3.05, 3.63) is 130 Å². The molecule has 0 saturated carbocycles. The van der Waals surface area contributed by atoms with Crippen LogP contribution in [0.2, 0.25) is 5.02 Å². The molecule has 2 aliphatic rings. The van der Waals surface area contributed by atoms with Crippen LogP contribution in [0.4, 0.5) is 0 Å². The zero-order valence-corrected chi connectivity index (χ0v) is 31.2. The molecule has 2 amide bonds. The number of unbranched alkanes of at least 4 members (excludes halogenated alkanes) is 2. The smallest absolute Gasteiger partial charge is 0.243 e. The van der Waals surface area contributed by atoms with E-state index in [2.05, 4.69) is 28.4 Å². The number of ether oxygens (including phenoxy) is 2. The summed E-state index contributed by atoms with van der Waals surface area (Å²) >= 11 is 6.10. The summed E-state index contributed by atoms with van der Waals surface area (Å²) in [5.41, 5.74) is 7.40. The van der Waals surface area contributed by atoms with Crippen molar-refractivity contribution in [2.24, 2.45) is 0 Å². The standard InChI is InChI=1S/C43H50ClN3O7/c44-37-18-16-36(17-19-37)43(51)20-22-47(23-21-43)28-38-26-39(32-14-12-30(29-48)13-15-32)54-42(53-38)35-9-5-8-34(25-35)33-7-4-6-31(24-33)27-45-40(49)10-2-1-3-11-41(50)46-52/h4-9,12-19,24-25,38-39,42,48,51-52H,1-3,10-11,20-23,26-29H2,(H,45,49)(H,46,50)/t38-,39+,42+/m0/s1. The number of nitrogens with one attached hydrogen (secondary N) is 2. The lowest BCUT2D eigenvalue weighted by Crippen LogP contribution is -2.46. The Morgan fingerprint density at radius 2 is 1.48 bits per heavy atom. The molecule has 0 bridgehead atoms. The molecule has 11 heteroatoms. The number of rotatable bonds is 15. The summed E-state index contributed by atoms with van der Waals surface area (Å²) in [4.78, 5) is 26.0. The number of aliphatic hydroxyl groups is 2. The van der Waals surface area contributed by atoms with E-state index in [1.165, 1.54) is 0 Å². The maximum atomic E-state index is 12.5. The van der Waals surface area contributed by atoms with Gasteiger partial charge in [-0.15, -0.1) is 0 Å². The van der Waals surface area contributed by atoms with E-state index in [0.717, 1.165) is 58.5 Å². The van der Waals surface area contributed by atoms with Crippen molar-refractivity contribution >= 4 is 23.4 Å². The first-order chi connectivity index (χ1) is 26.2. The van der Waals surface area contributed by atoms with Gasteiger partial charge in [-0.25, -0.2) is 5.48 Å². The Hall–Kier alpha value is -4.13. The van der Waals surface area contributed by atoms with Crippen LogP contribution in [0.15, 0.2) is 97.1 Å². The van der Waals surface area contributed by atoms with Gasteiger partial charge in [0.1, 0.15) is 0 Å². The second-order valence-corrected chi connectivity index (χ2v) is 14.8. The van der Waals surface area contributed by atoms with Crippen molar-refractivity contribution < 1.29 is 34.5 Å². The zero-order chi connectivity index (χ0) is 37.9. The number of aliphatic hydroxyl groups excluding tert-OH is 1. The maximum Gasteiger partial charge on any atom is 0.243 e. The first-order valence-corrected chi connectivity index (χ1v) is 19.2. The van der Waals surface area contributed by atoms with E-state index < -0.39 is 17.8 Å². The molecule has 0 radical (unpaired) electrons. The van der Waals surface area contributed by atoms with Gasteiger partial charge in [0.15, 0.2) is 6.29 Å². The lowest BCUT2D eigenvalue weighted by molar-refractivity contribution is -0.253. The van der Waals surface area contributed by atoms with Crippen LogP contribution in [-0.4, -0.2) is 57.9 Å². The molecule has 2 fully saturated rings. The van der Waals surface area contributed by atoms with Gasteiger partial charge in [-0.3, -0.25) is 14.8 Å². The van der Waals surface area contributed by atoms with Crippen molar-refractivity contribution in [2.75, 3.05) is 19.6 Å². The predicted molar refractivity (Wildman–Crippen MR) is 206 cm³/mol. The number of benzene rings is 4. The number of hydrogen-bond acceptors (Lipinski definition) is 8. The molecule has 4 aromatic carbocycles. The fourth-order valence-electron chi connectivity index (χ4n) is 7.29. The fourth-order valence-corrected chi connectivity index (χ4v) is 7.42. The third-order valence-corrected chi connectivity index (χ3v) is 10.7. The average molecular weight is 756 g/mol. The predicted octanol–water partition coefficient (Wildman–Crippen LogP) is 7.10. The molecule has 2 aliphatic heterocycles. The topological polar surface area (TPSA) is 141 Å². The minimum atomic E-state index is -0.885. The molecule has 5 N–H and O–H groups in total. The Bertz CT molecular complexity index is 1830. The summed E-state index contributed by atoms with van der Waals surface area (Å²) < 4.78 is 13.4. The fraction of sp³-hybridized carbons (Fsp3) is 0.395. The summed E-state index contributed by atoms with van der Waals surface area (Å²) in [5.74, 6) is -0.459. The molecule has 0 aromatic heterocycles. The van der Waals surface area contributed by atoms with Gasteiger partial charge in [0.25, 0.3) is 0 Å². The molecule has 6 rings (SSSR count). The molecule has 2 saturated heterocycles. The number of hydrogen-bond donors (Lipinski definition) is 5. The van der Waals surface area contributed by atoms with Crippen molar-refractivity contribution in [2.45, 2.75) is 88.6 Å². The Labute approximate surface area is 322 Å². The maximum absolute atomic E-state index is 12.5. The molecule has 10 nitrogen and oxygen atoms in total. The number of halogens is 1. The van der Waals surface area contributed by atoms with E-state index in [9.17, 15) is 19.8 Å². The molecule has 2 heterocycles. The average Bonchev–Trinajstić information content (AvgIpc) is 3.21. The number of carbonyl (C=O) groups excluding carboxylic acids is 2. The lowest BCUT2D eigenvalue weighted by Gasteiger charge is -2.42. The Morgan fingerprint density at radius 1 is 0.796 bits per heavy atom.